The van der Waals surface area contributed by atoms with Gasteiger partial charge < -0.3 is 10.1 Å². The van der Waals surface area contributed by atoms with E-state index in [4.69, 9.17) is 16.3 Å². The van der Waals surface area contributed by atoms with Crippen LogP contribution in [0.4, 0.5) is 4.39 Å². The van der Waals surface area contributed by atoms with Gasteiger partial charge in [0.25, 0.3) is 0 Å². The number of methoxy groups -OCH3 is 1. The fourth-order valence-electron chi connectivity index (χ4n) is 1.87. The standard InChI is InChI=1S/C15H15ClFNO/c1-19-12-7-5-11(6-8-12)9-18-10-13-14(16)3-2-4-15(13)17/h2-8,18H,9-10H2,1H3/p+1. The van der Waals surface area contributed by atoms with E-state index >= 15 is 0 Å². The Morgan fingerprint density at radius 2 is 1.84 bits per heavy atom. The Morgan fingerprint density at radius 3 is 2.47 bits per heavy atom. The molecule has 19 heavy (non-hydrogen) atoms. The van der Waals surface area contributed by atoms with Crippen molar-refractivity contribution in [2.45, 2.75) is 13.1 Å². The fourth-order valence-corrected chi connectivity index (χ4v) is 2.11. The summed E-state index contributed by atoms with van der Waals surface area (Å²) in [5, 5.41) is 2.50. The zero-order chi connectivity index (χ0) is 13.7. The van der Waals surface area contributed by atoms with Gasteiger partial charge in [-0.2, -0.15) is 0 Å². The smallest absolute Gasteiger partial charge is 0.133 e. The van der Waals surface area contributed by atoms with Crippen molar-refractivity contribution in [2.75, 3.05) is 7.11 Å². The normalized spacial score (nSPS) is 10.5. The van der Waals surface area contributed by atoms with Crippen LogP contribution in [0.1, 0.15) is 11.1 Å². The highest BCUT2D eigenvalue weighted by atomic mass is 35.5. The molecule has 0 saturated heterocycles. The first-order chi connectivity index (χ1) is 9.20. The SMILES string of the molecule is COc1ccc(C[NH2+]Cc2c(F)cccc2Cl)cc1. The Balaban J connectivity index is 1.92. The lowest BCUT2D eigenvalue weighted by molar-refractivity contribution is -0.686. The van der Waals surface area contributed by atoms with Crippen LogP contribution in [0.25, 0.3) is 0 Å². The van der Waals surface area contributed by atoms with Gasteiger partial charge in [0.05, 0.1) is 17.7 Å². The first kappa shape index (κ1) is 13.8. The Hall–Kier alpha value is -1.58. The summed E-state index contributed by atoms with van der Waals surface area (Å²) in [5.41, 5.74) is 1.71. The molecule has 0 saturated carbocycles. The van der Waals surface area contributed by atoms with Crippen molar-refractivity contribution in [1.82, 2.24) is 0 Å². The minimum absolute atomic E-state index is 0.251. The van der Waals surface area contributed by atoms with Gasteiger partial charge in [0.2, 0.25) is 0 Å². The predicted octanol–water partition coefficient (Wildman–Crippen LogP) is 2.75. The third kappa shape index (κ3) is 3.69. The minimum atomic E-state index is -0.251. The highest BCUT2D eigenvalue weighted by molar-refractivity contribution is 6.31. The van der Waals surface area contributed by atoms with E-state index in [2.05, 4.69) is 0 Å². The number of halogens is 2. The van der Waals surface area contributed by atoms with Crippen molar-refractivity contribution in [3.05, 3.63) is 64.4 Å². The largest absolute Gasteiger partial charge is 0.497 e. The van der Waals surface area contributed by atoms with Crippen molar-refractivity contribution >= 4 is 11.6 Å². The molecule has 2 aromatic carbocycles. The van der Waals surface area contributed by atoms with Crippen LogP contribution in [0, 0.1) is 5.82 Å². The van der Waals surface area contributed by atoms with Crippen LogP contribution in [0.2, 0.25) is 5.02 Å². The maximum atomic E-state index is 13.6. The highest BCUT2D eigenvalue weighted by Crippen LogP contribution is 2.17. The van der Waals surface area contributed by atoms with Crippen LogP contribution in [0.15, 0.2) is 42.5 Å². The van der Waals surface area contributed by atoms with Crippen molar-refractivity contribution in [1.29, 1.82) is 0 Å². The molecule has 0 atom stereocenters. The molecule has 0 heterocycles. The summed E-state index contributed by atoms with van der Waals surface area (Å²) in [7, 11) is 1.64. The second-order valence-corrected chi connectivity index (χ2v) is 4.65. The summed E-state index contributed by atoms with van der Waals surface area (Å²) in [4.78, 5) is 0. The third-order valence-electron chi connectivity index (χ3n) is 2.95. The van der Waals surface area contributed by atoms with E-state index in [9.17, 15) is 4.39 Å². The average Bonchev–Trinajstić information content (AvgIpc) is 2.43. The quantitative estimate of drug-likeness (QED) is 0.895. The molecule has 0 bridgehead atoms. The van der Waals surface area contributed by atoms with Crippen molar-refractivity contribution in [2.24, 2.45) is 0 Å². The number of rotatable bonds is 5. The van der Waals surface area contributed by atoms with E-state index < -0.39 is 0 Å². The second kappa shape index (κ2) is 6.55. The van der Waals surface area contributed by atoms with Gasteiger partial charge in [-0.3, -0.25) is 0 Å². The summed E-state index contributed by atoms with van der Waals surface area (Å²) >= 11 is 5.97. The Morgan fingerprint density at radius 1 is 1.11 bits per heavy atom. The maximum Gasteiger partial charge on any atom is 0.133 e. The third-order valence-corrected chi connectivity index (χ3v) is 3.30. The van der Waals surface area contributed by atoms with Crippen LogP contribution >= 0.6 is 11.6 Å². The molecule has 2 rings (SSSR count). The fraction of sp³-hybridized carbons (Fsp3) is 0.200. The molecule has 2 aromatic rings. The number of hydrogen-bond donors (Lipinski definition) is 1. The Bertz CT molecular complexity index is 522. The van der Waals surface area contributed by atoms with Crippen molar-refractivity contribution < 1.29 is 14.4 Å². The molecule has 4 heteroatoms. The van der Waals surface area contributed by atoms with E-state index in [1.165, 1.54) is 6.07 Å². The van der Waals surface area contributed by atoms with Crippen LogP contribution in [0.3, 0.4) is 0 Å². The summed E-state index contributed by atoms with van der Waals surface area (Å²) in [6, 6.07) is 12.6. The predicted molar refractivity (Wildman–Crippen MR) is 73.7 cm³/mol. The van der Waals surface area contributed by atoms with E-state index in [1.54, 1.807) is 19.2 Å². The number of hydrogen-bond acceptors (Lipinski definition) is 1. The molecule has 0 aliphatic carbocycles. The van der Waals surface area contributed by atoms with Crippen LogP contribution in [-0.4, -0.2) is 7.11 Å². The van der Waals surface area contributed by atoms with Gasteiger partial charge in [0.1, 0.15) is 24.7 Å². The number of quaternary nitrogens is 1. The summed E-state index contributed by atoms with van der Waals surface area (Å²) in [6.07, 6.45) is 0. The topological polar surface area (TPSA) is 25.8 Å². The van der Waals surface area contributed by atoms with E-state index in [-0.39, 0.29) is 5.82 Å². The van der Waals surface area contributed by atoms with Crippen molar-refractivity contribution in [3.63, 3.8) is 0 Å². The summed E-state index contributed by atoms with van der Waals surface area (Å²) in [6.45, 7) is 1.30. The second-order valence-electron chi connectivity index (χ2n) is 4.25. The van der Waals surface area contributed by atoms with Gasteiger partial charge in [0.15, 0.2) is 0 Å². The first-order valence-corrected chi connectivity index (χ1v) is 6.46. The monoisotopic (exact) mass is 280 g/mol. The van der Waals surface area contributed by atoms with E-state index in [0.717, 1.165) is 17.9 Å². The number of ether oxygens (including phenoxy) is 1. The lowest BCUT2D eigenvalue weighted by Gasteiger charge is -2.06. The Kier molecular flexibility index (Phi) is 4.77. The minimum Gasteiger partial charge on any atom is -0.497 e. The average molecular weight is 281 g/mol. The van der Waals surface area contributed by atoms with Gasteiger partial charge in [-0.25, -0.2) is 4.39 Å². The van der Waals surface area contributed by atoms with Gasteiger partial charge in [-0.15, -0.1) is 0 Å². The van der Waals surface area contributed by atoms with E-state index in [1.807, 2.05) is 29.6 Å². The molecule has 2 nitrogen and oxygen atoms in total. The molecule has 0 aliphatic heterocycles. The van der Waals surface area contributed by atoms with Crippen LogP contribution in [0.5, 0.6) is 5.75 Å². The zero-order valence-corrected chi connectivity index (χ0v) is 11.5. The molecule has 0 amide bonds. The molecule has 100 valence electrons. The Labute approximate surface area is 117 Å². The van der Waals surface area contributed by atoms with Crippen LogP contribution in [-0.2, 0) is 13.1 Å². The molecule has 0 unspecified atom stereocenters. The van der Waals surface area contributed by atoms with Gasteiger partial charge in [-0.05, 0) is 36.4 Å². The number of nitrogens with two attached hydrogens (primary N) is 1. The molecule has 0 aromatic heterocycles. The van der Waals surface area contributed by atoms with Crippen LogP contribution < -0.4 is 10.1 Å². The molecule has 0 fully saturated rings. The highest BCUT2D eigenvalue weighted by Gasteiger charge is 2.08. The molecule has 2 N–H and O–H groups in total. The lowest BCUT2D eigenvalue weighted by Crippen LogP contribution is -2.80. The zero-order valence-electron chi connectivity index (χ0n) is 10.7. The molecule has 0 aliphatic rings. The van der Waals surface area contributed by atoms with E-state index in [0.29, 0.717) is 17.1 Å². The summed E-state index contributed by atoms with van der Waals surface area (Å²) < 4.78 is 18.7. The molecule has 0 radical (unpaired) electrons. The number of benzene rings is 2. The van der Waals surface area contributed by atoms with Crippen molar-refractivity contribution in [3.8, 4) is 5.75 Å². The molecular formula is C15H16ClFNO+. The first-order valence-electron chi connectivity index (χ1n) is 6.08. The molecule has 0 spiro atoms. The molecular weight excluding hydrogens is 265 g/mol. The lowest BCUT2D eigenvalue weighted by atomic mass is 10.2. The maximum absolute atomic E-state index is 13.6. The van der Waals surface area contributed by atoms with Gasteiger partial charge >= 0.3 is 0 Å². The van der Waals surface area contributed by atoms with Gasteiger partial charge in [-0.1, -0.05) is 17.7 Å². The summed E-state index contributed by atoms with van der Waals surface area (Å²) in [5.74, 6) is 0.583. The van der Waals surface area contributed by atoms with Gasteiger partial charge in [0, 0.05) is 5.56 Å².